The van der Waals surface area contributed by atoms with Crippen molar-refractivity contribution in [2.45, 2.75) is 52.1 Å². The minimum absolute atomic E-state index is 0.302. The highest BCUT2D eigenvalue weighted by molar-refractivity contribution is 4.95. The predicted molar refractivity (Wildman–Crippen MR) is 58.2 cm³/mol. The molecule has 84 valence electrons. The average molecular weight is 200 g/mol. The molecule has 0 aromatic carbocycles. The van der Waals surface area contributed by atoms with E-state index in [9.17, 15) is 5.11 Å². The van der Waals surface area contributed by atoms with Gasteiger partial charge in [-0.3, -0.25) is 0 Å². The van der Waals surface area contributed by atoms with E-state index in [2.05, 4.69) is 20.8 Å². The van der Waals surface area contributed by atoms with Crippen LogP contribution in [0.2, 0.25) is 0 Å². The van der Waals surface area contributed by atoms with Gasteiger partial charge >= 0.3 is 0 Å². The molecule has 1 aliphatic rings. The Balaban J connectivity index is 2.43. The monoisotopic (exact) mass is 200 g/mol. The predicted octanol–water partition coefficient (Wildman–Crippen LogP) is 2.60. The molecule has 0 aliphatic heterocycles. The van der Waals surface area contributed by atoms with Crippen molar-refractivity contribution in [3.05, 3.63) is 0 Å². The van der Waals surface area contributed by atoms with Crippen LogP contribution in [0.5, 0.6) is 0 Å². The third kappa shape index (κ3) is 3.58. The van der Waals surface area contributed by atoms with Crippen LogP contribution in [0, 0.1) is 11.3 Å². The quantitative estimate of drug-likeness (QED) is 0.739. The Bertz CT molecular complexity index is 179. The molecule has 2 heteroatoms. The van der Waals surface area contributed by atoms with Crippen LogP contribution in [0.15, 0.2) is 0 Å². The molecule has 0 radical (unpaired) electrons. The van der Waals surface area contributed by atoms with Gasteiger partial charge in [0, 0.05) is 7.11 Å². The van der Waals surface area contributed by atoms with E-state index in [-0.39, 0.29) is 0 Å². The summed E-state index contributed by atoms with van der Waals surface area (Å²) in [6.07, 6.45) is 4.27. The Kier molecular flexibility index (Phi) is 3.59. The second kappa shape index (κ2) is 4.19. The first-order valence-corrected chi connectivity index (χ1v) is 5.59. The second-order valence-corrected chi connectivity index (χ2v) is 5.87. The molecule has 1 N–H and O–H groups in total. The van der Waals surface area contributed by atoms with Gasteiger partial charge in [0.25, 0.3) is 0 Å². The standard InChI is InChI=1S/C12H24O2/c1-11(2,3)7-8-12(13,9-14-4)10-5-6-10/h10,13H,5-9H2,1-4H3. The molecular formula is C12H24O2. The van der Waals surface area contributed by atoms with E-state index in [0.29, 0.717) is 17.9 Å². The molecule has 0 aromatic heterocycles. The summed E-state index contributed by atoms with van der Waals surface area (Å²) < 4.78 is 5.12. The largest absolute Gasteiger partial charge is 0.387 e. The maximum absolute atomic E-state index is 10.4. The third-order valence-corrected chi connectivity index (χ3v) is 3.04. The molecule has 0 amide bonds. The minimum Gasteiger partial charge on any atom is -0.387 e. The number of hydrogen-bond acceptors (Lipinski definition) is 2. The lowest BCUT2D eigenvalue weighted by molar-refractivity contribution is -0.0596. The molecule has 1 aliphatic carbocycles. The summed E-state index contributed by atoms with van der Waals surface area (Å²) in [5, 5.41) is 10.4. The smallest absolute Gasteiger partial charge is 0.0908 e. The Hall–Kier alpha value is -0.0800. The number of aliphatic hydroxyl groups is 1. The van der Waals surface area contributed by atoms with Crippen molar-refractivity contribution in [3.63, 3.8) is 0 Å². The lowest BCUT2D eigenvalue weighted by Crippen LogP contribution is -2.37. The van der Waals surface area contributed by atoms with E-state index >= 15 is 0 Å². The molecule has 1 fully saturated rings. The normalized spacial score (nSPS) is 22.1. The van der Waals surface area contributed by atoms with Gasteiger partial charge in [0.1, 0.15) is 0 Å². The Morgan fingerprint density at radius 3 is 2.14 bits per heavy atom. The molecule has 0 aromatic rings. The molecule has 1 unspecified atom stereocenters. The number of rotatable bonds is 5. The zero-order chi connectivity index (χ0) is 10.8. The summed E-state index contributed by atoms with van der Waals surface area (Å²) in [7, 11) is 1.67. The van der Waals surface area contributed by atoms with E-state index in [0.717, 1.165) is 12.8 Å². The number of methoxy groups -OCH3 is 1. The van der Waals surface area contributed by atoms with Crippen LogP contribution < -0.4 is 0 Å². The van der Waals surface area contributed by atoms with Gasteiger partial charge in [0.05, 0.1) is 12.2 Å². The van der Waals surface area contributed by atoms with E-state index in [1.54, 1.807) is 7.11 Å². The van der Waals surface area contributed by atoms with Gasteiger partial charge in [-0.2, -0.15) is 0 Å². The van der Waals surface area contributed by atoms with Gasteiger partial charge in [-0.15, -0.1) is 0 Å². The van der Waals surface area contributed by atoms with Crippen LogP contribution >= 0.6 is 0 Å². The molecule has 0 bridgehead atoms. The van der Waals surface area contributed by atoms with Crippen LogP contribution in [0.3, 0.4) is 0 Å². The Labute approximate surface area is 87.7 Å². The fourth-order valence-corrected chi connectivity index (χ4v) is 1.86. The summed E-state index contributed by atoms with van der Waals surface area (Å²) in [6, 6.07) is 0. The molecule has 0 spiro atoms. The first-order chi connectivity index (χ1) is 6.37. The molecule has 14 heavy (non-hydrogen) atoms. The molecule has 0 heterocycles. The van der Waals surface area contributed by atoms with Gasteiger partial charge in [0.15, 0.2) is 0 Å². The van der Waals surface area contributed by atoms with Crippen molar-refractivity contribution in [3.8, 4) is 0 Å². The van der Waals surface area contributed by atoms with E-state index in [1.165, 1.54) is 12.8 Å². The summed E-state index contributed by atoms with van der Waals surface area (Å²) in [4.78, 5) is 0. The van der Waals surface area contributed by atoms with E-state index < -0.39 is 5.60 Å². The van der Waals surface area contributed by atoms with Crippen molar-refractivity contribution in [1.29, 1.82) is 0 Å². The van der Waals surface area contributed by atoms with Crippen molar-refractivity contribution in [2.24, 2.45) is 11.3 Å². The van der Waals surface area contributed by atoms with Gasteiger partial charge in [-0.25, -0.2) is 0 Å². The van der Waals surface area contributed by atoms with Crippen molar-refractivity contribution >= 4 is 0 Å². The number of hydrogen-bond donors (Lipinski definition) is 1. The summed E-state index contributed by atoms with van der Waals surface area (Å²) in [5.74, 6) is 0.491. The SMILES string of the molecule is COCC(O)(CCC(C)(C)C)C1CC1. The Morgan fingerprint density at radius 2 is 1.79 bits per heavy atom. The van der Waals surface area contributed by atoms with E-state index in [1.807, 2.05) is 0 Å². The zero-order valence-corrected chi connectivity index (χ0v) is 9.97. The van der Waals surface area contributed by atoms with Crippen molar-refractivity contribution in [1.82, 2.24) is 0 Å². The van der Waals surface area contributed by atoms with E-state index in [4.69, 9.17) is 4.74 Å². The fourth-order valence-electron chi connectivity index (χ4n) is 1.86. The lowest BCUT2D eigenvalue weighted by atomic mass is 9.83. The highest BCUT2D eigenvalue weighted by Gasteiger charge is 2.43. The summed E-state index contributed by atoms with van der Waals surface area (Å²) >= 11 is 0. The molecule has 1 atom stereocenters. The second-order valence-electron chi connectivity index (χ2n) is 5.87. The zero-order valence-electron chi connectivity index (χ0n) is 9.97. The highest BCUT2D eigenvalue weighted by atomic mass is 16.5. The molecule has 1 saturated carbocycles. The van der Waals surface area contributed by atoms with Crippen molar-refractivity contribution in [2.75, 3.05) is 13.7 Å². The van der Waals surface area contributed by atoms with Crippen LogP contribution in [-0.2, 0) is 4.74 Å². The molecule has 0 saturated heterocycles. The highest BCUT2D eigenvalue weighted by Crippen LogP contribution is 2.43. The molecular weight excluding hydrogens is 176 g/mol. The maximum atomic E-state index is 10.4. The fraction of sp³-hybridized carbons (Fsp3) is 1.00. The van der Waals surface area contributed by atoms with Gasteiger partial charge in [-0.05, 0) is 37.0 Å². The van der Waals surface area contributed by atoms with Gasteiger partial charge in [-0.1, -0.05) is 20.8 Å². The first-order valence-electron chi connectivity index (χ1n) is 5.59. The lowest BCUT2D eigenvalue weighted by Gasteiger charge is -2.30. The Morgan fingerprint density at radius 1 is 1.21 bits per heavy atom. The van der Waals surface area contributed by atoms with Crippen molar-refractivity contribution < 1.29 is 9.84 Å². The average Bonchev–Trinajstić information content (AvgIpc) is 2.82. The topological polar surface area (TPSA) is 29.5 Å². The molecule has 2 nitrogen and oxygen atoms in total. The summed E-state index contributed by atoms with van der Waals surface area (Å²) in [5.41, 5.74) is -0.251. The van der Waals surface area contributed by atoms with Gasteiger partial charge in [0.2, 0.25) is 0 Å². The third-order valence-electron chi connectivity index (χ3n) is 3.04. The molecule has 1 rings (SSSR count). The summed E-state index contributed by atoms with van der Waals surface area (Å²) in [6.45, 7) is 7.14. The van der Waals surface area contributed by atoms with Crippen LogP contribution in [-0.4, -0.2) is 24.4 Å². The minimum atomic E-state index is -0.554. The van der Waals surface area contributed by atoms with Gasteiger partial charge < -0.3 is 9.84 Å². The number of ether oxygens (including phenoxy) is 1. The van der Waals surface area contributed by atoms with Crippen LogP contribution in [0.1, 0.15) is 46.5 Å². The van der Waals surface area contributed by atoms with Crippen LogP contribution in [0.4, 0.5) is 0 Å². The van der Waals surface area contributed by atoms with Crippen LogP contribution in [0.25, 0.3) is 0 Å². The maximum Gasteiger partial charge on any atom is 0.0908 e. The first kappa shape index (κ1) is 12.0.